The zero-order valence-electron chi connectivity index (χ0n) is 15.1. The van der Waals surface area contributed by atoms with E-state index < -0.39 is 6.10 Å². The summed E-state index contributed by atoms with van der Waals surface area (Å²) in [4.78, 5) is 26.8. The maximum atomic E-state index is 12.8. The minimum absolute atomic E-state index is 0.162. The minimum Gasteiger partial charge on any atom is -0.492 e. The molecule has 10 nitrogen and oxygen atoms in total. The second-order valence-electron chi connectivity index (χ2n) is 6.59. The van der Waals surface area contributed by atoms with Crippen LogP contribution in [0.5, 0.6) is 5.75 Å². The number of amides is 1. The second kappa shape index (κ2) is 7.41. The fourth-order valence-electron chi connectivity index (χ4n) is 3.37. The summed E-state index contributed by atoms with van der Waals surface area (Å²) in [5.74, 6) is 0.773. The Morgan fingerprint density at radius 2 is 2.00 bits per heavy atom. The largest absolute Gasteiger partial charge is 0.492 e. The Morgan fingerprint density at radius 1 is 1.21 bits per heavy atom. The third kappa shape index (κ3) is 3.23. The average molecular weight is 383 g/mol. The van der Waals surface area contributed by atoms with E-state index in [0.717, 1.165) is 0 Å². The van der Waals surface area contributed by atoms with Crippen molar-refractivity contribution in [3.63, 3.8) is 0 Å². The average Bonchev–Trinajstić information content (AvgIpc) is 3.30. The van der Waals surface area contributed by atoms with Crippen LogP contribution in [-0.2, 0) is 0 Å². The highest BCUT2D eigenvalue weighted by Crippen LogP contribution is 2.28. The number of imidazole rings is 1. The molecular weight excluding hydrogens is 362 g/mol. The van der Waals surface area contributed by atoms with Crippen LogP contribution >= 0.6 is 0 Å². The molecule has 4 rings (SSSR count). The van der Waals surface area contributed by atoms with Crippen molar-refractivity contribution in [3.05, 3.63) is 42.5 Å². The number of carbonyl (C=O) groups is 1. The quantitative estimate of drug-likeness (QED) is 0.549. The zero-order valence-corrected chi connectivity index (χ0v) is 15.1. The number of nitrogen functional groups attached to an aromatic ring is 1. The van der Waals surface area contributed by atoms with Crippen molar-refractivity contribution in [2.45, 2.75) is 12.1 Å². The first kappa shape index (κ1) is 18.1. The number of rotatable bonds is 5. The number of aromatic nitrogens is 4. The van der Waals surface area contributed by atoms with Gasteiger partial charge in [0.25, 0.3) is 5.91 Å². The van der Waals surface area contributed by atoms with E-state index >= 15 is 0 Å². The maximum Gasteiger partial charge on any atom is 0.254 e. The van der Waals surface area contributed by atoms with Crippen LogP contribution in [0.2, 0.25) is 0 Å². The van der Waals surface area contributed by atoms with Crippen molar-refractivity contribution >= 4 is 22.9 Å². The van der Waals surface area contributed by atoms with Crippen LogP contribution < -0.4 is 16.2 Å². The van der Waals surface area contributed by atoms with Crippen molar-refractivity contribution in [1.29, 1.82) is 0 Å². The summed E-state index contributed by atoms with van der Waals surface area (Å²) in [5, 5.41) is 10.5. The molecule has 10 heteroatoms. The van der Waals surface area contributed by atoms with E-state index in [0.29, 0.717) is 42.2 Å². The van der Waals surface area contributed by atoms with Gasteiger partial charge >= 0.3 is 0 Å². The predicted octanol–water partition coefficient (Wildman–Crippen LogP) is -0.196. The van der Waals surface area contributed by atoms with Crippen LogP contribution in [0.3, 0.4) is 0 Å². The van der Waals surface area contributed by atoms with Crippen LogP contribution in [-0.4, -0.2) is 67.8 Å². The number of β-amino-alcohol motifs (C(OH)–C–C–N with tert-alkyl or cyclic N) is 1. The summed E-state index contributed by atoms with van der Waals surface area (Å²) in [6, 6.07) is 6.50. The van der Waals surface area contributed by atoms with Gasteiger partial charge in [0.1, 0.15) is 24.2 Å². The van der Waals surface area contributed by atoms with Gasteiger partial charge in [-0.2, -0.15) is 0 Å². The summed E-state index contributed by atoms with van der Waals surface area (Å²) in [6.45, 7) is 1.39. The summed E-state index contributed by atoms with van der Waals surface area (Å²) in [6.07, 6.45) is 2.18. The van der Waals surface area contributed by atoms with Gasteiger partial charge in [-0.05, 0) is 24.3 Å². The van der Waals surface area contributed by atoms with E-state index in [1.54, 1.807) is 40.1 Å². The van der Waals surface area contributed by atoms with Crippen LogP contribution in [0.1, 0.15) is 16.4 Å². The van der Waals surface area contributed by atoms with E-state index in [2.05, 4.69) is 15.0 Å². The lowest BCUT2D eigenvalue weighted by Gasteiger charge is -2.17. The topological polar surface area (TPSA) is 145 Å². The number of hydrogen-bond donors (Lipinski definition) is 3. The Bertz CT molecular complexity index is 989. The molecule has 2 atom stereocenters. The third-order valence-electron chi connectivity index (χ3n) is 4.78. The van der Waals surface area contributed by atoms with Crippen LogP contribution in [0, 0.1) is 0 Å². The number of likely N-dealkylation sites (tertiary alicyclic amines) is 1. The van der Waals surface area contributed by atoms with Crippen LogP contribution in [0.4, 0.5) is 5.82 Å². The molecule has 1 aromatic carbocycles. The van der Waals surface area contributed by atoms with Crippen molar-refractivity contribution in [2.75, 3.05) is 32.0 Å². The van der Waals surface area contributed by atoms with Gasteiger partial charge < -0.3 is 30.8 Å². The number of benzene rings is 1. The molecule has 3 aromatic rings. The number of nitrogens with zero attached hydrogens (tertiary/aromatic N) is 5. The lowest BCUT2D eigenvalue weighted by Crippen LogP contribution is -2.29. The van der Waals surface area contributed by atoms with Crippen molar-refractivity contribution < 1.29 is 14.6 Å². The molecule has 5 N–H and O–H groups in total. The molecule has 0 spiro atoms. The van der Waals surface area contributed by atoms with Gasteiger partial charge in [-0.3, -0.25) is 4.79 Å². The predicted molar refractivity (Wildman–Crippen MR) is 102 cm³/mol. The molecule has 28 heavy (non-hydrogen) atoms. The fraction of sp³-hybridized carbons (Fsp3) is 0.333. The number of aliphatic hydroxyl groups excluding tert-OH is 1. The van der Waals surface area contributed by atoms with Gasteiger partial charge in [0.2, 0.25) is 0 Å². The van der Waals surface area contributed by atoms with Crippen LogP contribution in [0.15, 0.2) is 36.9 Å². The Kier molecular flexibility index (Phi) is 4.80. The third-order valence-corrected chi connectivity index (χ3v) is 4.78. The maximum absolute atomic E-state index is 12.8. The fourth-order valence-corrected chi connectivity index (χ4v) is 3.37. The molecule has 2 aromatic heterocycles. The summed E-state index contributed by atoms with van der Waals surface area (Å²) < 4.78 is 7.17. The van der Waals surface area contributed by atoms with Crippen LogP contribution in [0.25, 0.3) is 11.2 Å². The van der Waals surface area contributed by atoms with E-state index in [-0.39, 0.29) is 24.3 Å². The summed E-state index contributed by atoms with van der Waals surface area (Å²) in [7, 11) is 0. The highest BCUT2D eigenvalue weighted by atomic mass is 16.5. The lowest BCUT2D eigenvalue weighted by atomic mass is 10.2. The van der Waals surface area contributed by atoms with Gasteiger partial charge in [0, 0.05) is 25.2 Å². The van der Waals surface area contributed by atoms with Crippen molar-refractivity contribution in [1.82, 2.24) is 24.4 Å². The molecule has 0 radical (unpaired) electrons. The molecular formula is C18H21N7O3. The Balaban J connectivity index is 1.51. The van der Waals surface area contributed by atoms with Gasteiger partial charge in [0.15, 0.2) is 11.5 Å². The number of ether oxygens (including phenoxy) is 1. The highest BCUT2D eigenvalue weighted by molar-refractivity contribution is 5.94. The normalized spacial score (nSPS) is 19.3. The molecule has 1 amide bonds. The van der Waals surface area contributed by atoms with Gasteiger partial charge in [-0.1, -0.05) is 0 Å². The number of nitrogens with two attached hydrogens (primary N) is 2. The number of carbonyl (C=O) groups excluding carboxylic acids is 1. The first-order valence-electron chi connectivity index (χ1n) is 8.91. The van der Waals surface area contributed by atoms with Gasteiger partial charge in [-0.15, -0.1) is 0 Å². The van der Waals surface area contributed by atoms with E-state index in [9.17, 15) is 9.90 Å². The first-order chi connectivity index (χ1) is 13.6. The Labute approximate surface area is 160 Å². The van der Waals surface area contributed by atoms with E-state index in [4.69, 9.17) is 16.2 Å². The number of hydrogen-bond acceptors (Lipinski definition) is 8. The summed E-state index contributed by atoms with van der Waals surface area (Å²) in [5.41, 5.74) is 12.8. The second-order valence-corrected chi connectivity index (χ2v) is 6.59. The molecule has 0 bridgehead atoms. The Morgan fingerprint density at radius 3 is 2.75 bits per heavy atom. The number of fused-ring (bicyclic) bond motifs is 1. The van der Waals surface area contributed by atoms with E-state index in [1.165, 1.54) is 6.33 Å². The monoisotopic (exact) mass is 383 g/mol. The first-order valence-corrected chi connectivity index (χ1v) is 8.91. The lowest BCUT2D eigenvalue weighted by molar-refractivity contribution is 0.0764. The van der Waals surface area contributed by atoms with Gasteiger partial charge in [0.05, 0.1) is 18.5 Å². The zero-order chi connectivity index (χ0) is 19.7. The SMILES string of the molecule is NCCOc1ccc(C(=O)N2C[C@@H](O)[C@H](n3cnc4c(N)ncnc43)C2)cc1. The molecule has 146 valence electrons. The summed E-state index contributed by atoms with van der Waals surface area (Å²) >= 11 is 0. The minimum atomic E-state index is -0.746. The number of aliphatic hydroxyl groups is 1. The molecule has 0 saturated carbocycles. The highest BCUT2D eigenvalue weighted by Gasteiger charge is 2.36. The van der Waals surface area contributed by atoms with Crippen molar-refractivity contribution in [3.8, 4) is 5.75 Å². The standard InChI is InChI=1S/C18H21N7O3/c19-5-6-28-12-3-1-11(2-4-12)18(27)24-7-13(14(26)8-24)25-10-23-15-16(20)21-9-22-17(15)25/h1-4,9-10,13-14,26H,5-8,19H2,(H2,20,21,22)/t13-,14-/m1/s1. The van der Waals surface area contributed by atoms with E-state index in [1.807, 2.05) is 0 Å². The molecule has 1 aliphatic rings. The molecule has 0 aliphatic carbocycles. The van der Waals surface area contributed by atoms with Crippen molar-refractivity contribution in [2.24, 2.45) is 5.73 Å². The molecule has 1 fully saturated rings. The molecule has 1 aliphatic heterocycles. The van der Waals surface area contributed by atoms with Gasteiger partial charge in [-0.25, -0.2) is 15.0 Å². The smallest absolute Gasteiger partial charge is 0.254 e. The number of anilines is 1. The molecule has 0 unspecified atom stereocenters. The molecule has 1 saturated heterocycles. The molecule has 3 heterocycles. The Hall–Kier alpha value is -3.24.